The summed E-state index contributed by atoms with van der Waals surface area (Å²) in [5, 5.41) is 3.74. The number of halogens is 4. The molecule has 0 saturated heterocycles. The van der Waals surface area contributed by atoms with E-state index in [0.29, 0.717) is 14.7 Å². The molecule has 1 unspecified atom stereocenters. The Bertz CT molecular complexity index is 906. The van der Waals surface area contributed by atoms with Crippen LogP contribution in [0.1, 0.15) is 6.42 Å². The van der Waals surface area contributed by atoms with Gasteiger partial charge in [-0.2, -0.15) is 17.6 Å². The summed E-state index contributed by atoms with van der Waals surface area (Å²) < 4.78 is 75.6. The summed E-state index contributed by atoms with van der Waals surface area (Å²) in [5.74, 6) is -4.72. The van der Waals surface area contributed by atoms with Gasteiger partial charge in [-0.25, -0.2) is 7.84 Å². The molecular formula is C22H20F4O3S2. The van der Waals surface area contributed by atoms with Crippen LogP contribution in [-0.4, -0.2) is 27.1 Å². The standard InChI is InChI=1S/C22H20F4O3S2/c23-21(24,16-17-27)22(25,26)30(28)29-31(18-10-4-1-5-11-18,19-12-6-2-7-13-19)20-14-8-3-9-15-20/h1-15,27H,16-17H2. The largest absolute Gasteiger partial charge is 0.407 e. The van der Waals surface area contributed by atoms with Gasteiger partial charge in [0.25, 0.3) is 0 Å². The average Bonchev–Trinajstić information content (AvgIpc) is 2.79. The van der Waals surface area contributed by atoms with Crippen molar-refractivity contribution in [2.24, 2.45) is 0 Å². The Hall–Kier alpha value is -2.20. The van der Waals surface area contributed by atoms with Crippen molar-refractivity contribution in [1.29, 1.82) is 0 Å². The van der Waals surface area contributed by atoms with Crippen molar-refractivity contribution >= 4 is 21.4 Å². The Labute approximate surface area is 181 Å². The van der Waals surface area contributed by atoms with Crippen LogP contribution in [0.15, 0.2) is 106 Å². The molecule has 0 fully saturated rings. The fourth-order valence-corrected chi connectivity index (χ4v) is 7.72. The monoisotopic (exact) mass is 472 g/mol. The van der Waals surface area contributed by atoms with E-state index in [1.165, 1.54) is 0 Å². The predicted molar refractivity (Wildman–Crippen MR) is 113 cm³/mol. The number of benzene rings is 3. The number of rotatable bonds is 9. The van der Waals surface area contributed by atoms with Crippen molar-refractivity contribution in [2.45, 2.75) is 32.3 Å². The van der Waals surface area contributed by atoms with Gasteiger partial charge in [-0.15, -0.1) is 0 Å². The molecule has 31 heavy (non-hydrogen) atoms. The molecule has 3 rings (SSSR count). The minimum atomic E-state index is -5.02. The maximum Gasteiger partial charge on any atom is 0.407 e. The van der Waals surface area contributed by atoms with Crippen molar-refractivity contribution in [3.63, 3.8) is 0 Å². The van der Waals surface area contributed by atoms with E-state index in [4.69, 9.17) is 8.74 Å². The Morgan fingerprint density at radius 2 is 1.10 bits per heavy atom. The van der Waals surface area contributed by atoms with Gasteiger partial charge in [0, 0.05) is 27.7 Å². The molecule has 0 spiro atoms. The van der Waals surface area contributed by atoms with Gasteiger partial charge in [0.1, 0.15) is 0 Å². The Morgan fingerprint density at radius 1 is 0.742 bits per heavy atom. The highest BCUT2D eigenvalue weighted by molar-refractivity contribution is 8.32. The maximum absolute atomic E-state index is 14.6. The summed E-state index contributed by atoms with van der Waals surface area (Å²) in [7, 11) is -3.07. The number of aliphatic hydroxyl groups is 1. The fourth-order valence-electron chi connectivity index (χ4n) is 2.91. The number of alkyl halides is 4. The van der Waals surface area contributed by atoms with E-state index >= 15 is 0 Å². The van der Waals surface area contributed by atoms with E-state index in [0.717, 1.165) is 0 Å². The molecule has 0 radical (unpaired) electrons. The van der Waals surface area contributed by atoms with E-state index in [1.54, 1.807) is 91.0 Å². The van der Waals surface area contributed by atoms with Crippen molar-refractivity contribution < 1.29 is 30.5 Å². The van der Waals surface area contributed by atoms with Crippen LogP contribution < -0.4 is 0 Å². The van der Waals surface area contributed by atoms with Crippen LogP contribution in [0.25, 0.3) is 0 Å². The molecule has 1 atom stereocenters. The van der Waals surface area contributed by atoms with E-state index in [2.05, 4.69) is 0 Å². The third-order valence-corrected chi connectivity index (χ3v) is 9.29. The second-order valence-corrected chi connectivity index (χ2v) is 10.5. The van der Waals surface area contributed by atoms with Crippen LogP contribution >= 0.6 is 10.3 Å². The summed E-state index contributed by atoms with van der Waals surface area (Å²) in [5.41, 5.74) is 0. The quantitative estimate of drug-likeness (QED) is 0.379. The highest BCUT2D eigenvalue weighted by atomic mass is 32.3. The molecule has 0 aliphatic rings. The van der Waals surface area contributed by atoms with E-state index < -0.39 is 45.6 Å². The second kappa shape index (κ2) is 9.52. The lowest BCUT2D eigenvalue weighted by atomic mass is 10.2. The van der Waals surface area contributed by atoms with Crippen LogP contribution in [0.4, 0.5) is 17.6 Å². The Balaban J connectivity index is 2.23. The zero-order valence-corrected chi connectivity index (χ0v) is 17.8. The zero-order valence-electron chi connectivity index (χ0n) is 16.2. The molecule has 0 amide bonds. The lowest BCUT2D eigenvalue weighted by molar-refractivity contribution is -0.165. The number of hydrogen-bond donors (Lipinski definition) is 1. The van der Waals surface area contributed by atoms with Crippen molar-refractivity contribution in [3.8, 4) is 0 Å². The normalized spacial score (nSPS) is 14.2. The first-order valence-electron chi connectivity index (χ1n) is 9.22. The molecule has 0 heterocycles. The van der Waals surface area contributed by atoms with Crippen LogP contribution in [-0.2, 0) is 14.7 Å². The third-order valence-electron chi connectivity index (χ3n) is 4.45. The number of aliphatic hydroxyl groups excluding tert-OH is 1. The summed E-state index contributed by atoms with van der Waals surface area (Å²) in [4.78, 5) is 1.26. The first-order chi connectivity index (χ1) is 14.8. The smallest absolute Gasteiger partial charge is 0.396 e. The number of hydrogen-bond acceptors (Lipinski definition) is 3. The Kier molecular flexibility index (Phi) is 7.20. The van der Waals surface area contributed by atoms with Gasteiger partial charge in [-0.1, -0.05) is 54.6 Å². The van der Waals surface area contributed by atoms with Crippen LogP contribution in [0.2, 0.25) is 0 Å². The zero-order chi connectivity index (χ0) is 22.5. The van der Waals surface area contributed by atoms with E-state index in [9.17, 15) is 21.8 Å². The molecule has 9 heteroatoms. The molecule has 166 valence electrons. The minimum Gasteiger partial charge on any atom is -0.396 e. The first-order valence-corrected chi connectivity index (χ1v) is 11.9. The molecule has 3 aromatic rings. The fraction of sp³-hybridized carbons (Fsp3) is 0.182. The molecular weight excluding hydrogens is 452 g/mol. The summed E-state index contributed by atoms with van der Waals surface area (Å²) in [6.07, 6.45) is -1.54. The summed E-state index contributed by atoms with van der Waals surface area (Å²) in [6.45, 7) is -1.19. The van der Waals surface area contributed by atoms with Crippen molar-refractivity contribution in [1.82, 2.24) is 0 Å². The van der Waals surface area contributed by atoms with Crippen LogP contribution in [0.3, 0.4) is 0 Å². The van der Waals surface area contributed by atoms with Gasteiger partial charge < -0.3 is 5.11 Å². The lowest BCUT2D eigenvalue weighted by Crippen LogP contribution is -2.45. The lowest BCUT2D eigenvalue weighted by Gasteiger charge is -2.40. The molecule has 0 aliphatic heterocycles. The van der Waals surface area contributed by atoms with Gasteiger partial charge in [-0.3, -0.25) is 0 Å². The Morgan fingerprint density at radius 3 is 1.42 bits per heavy atom. The maximum atomic E-state index is 14.6. The third kappa shape index (κ3) is 4.55. The SMILES string of the molecule is O=S(OS(c1ccccc1)(c1ccccc1)c1ccccc1)C(F)(F)C(F)(F)CCO. The topological polar surface area (TPSA) is 46.5 Å². The van der Waals surface area contributed by atoms with Gasteiger partial charge in [0.05, 0.1) is 0 Å². The molecule has 3 aromatic carbocycles. The summed E-state index contributed by atoms with van der Waals surface area (Å²) in [6, 6.07) is 24.8. The average molecular weight is 473 g/mol. The molecule has 0 saturated carbocycles. The predicted octanol–water partition coefficient (Wildman–Crippen LogP) is 6.17. The molecule has 3 nitrogen and oxygen atoms in total. The molecule has 0 aliphatic carbocycles. The second-order valence-electron chi connectivity index (χ2n) is 6.49. The van der Waals surface area contributed by atoms with Crippen molar-refractivity contribution in [2.75, 3.05) is 6.61 Å². The van der Waals surface area contributed by atoms with Gasteiger partial charge >= 0.3 is 11.2 Å². The van der Waals surface area contributed by atoms with Crippen molar-refractivity contribution in [3.05, 3.63) is 91.0 Å². The minimum absolute atomic E-state index is 0.419. The highest BCUT2D eigenvalue weighted by Gasteiger charge is 2.62. The van der Waals surface area contributed by atoms with Gasteiger partial charge in [-0.05, 0) is 46.7 Å². The van der Waals surface area contributed by atoms with Crippen LogP contribution in [0, 0.1) is 0 Å². The molecule has 0 aromatic heterocycles. The van der Waals surface area contributed by atoms with E-state index in [-0.39, 0.29) is 0 Å². The summed E-state index contributed by atoms with van der Waals surface area (Å²) >= 11 is -3.73. The molecule has 1 N–H and O–H groups in total. The molecule has 0 bridgehead atoms. The van der Waals surface area contributed by atoms with Gasteiger partial charge in [0.15, 0.2) is 0 Å². The van der Waals surface area contributed by atoms with Crippen LogP contribution in [0.5, 0.6) is 0 Å². The first kappa shape index (κ1) is 23.5. The highest BCUT2D eigenvalue weighted by Crippen LogP contribution is 2.70. The van der Waals surface area contributed by atoms with Gasteiger partial charge in [0.2, 0.25) is 11.1 Å². The van der Waals surface area contributed by atoms with E-state index in [1.807, 2.05) is 0 Å².